The zero-order valence-electron chi connectivity index (χ0n) is 11.0. The molecule has 1 atom stereocenters. The lowest BCUT2D eigenvalue weighted by molar-refractivity contribution is 0.607. The molecule has 96 valence electrons. The van der Waals surface area contributed by atoms with E-state index in [-0.39, 0.29) is 0 Å². The van der Waals surface area contributed by atoms with Crippen LogP contribution in [0, 0.1) is 6.92 Å². The first-order valence-electron chi connectivity index (χ1n) is 6.21. The van der Waals surface area contributed by atoms with Crippen LogP contribution in [0.3, 0.4) is 0 Å². The molecular formula is C15H18ClNS. The highest BCUT2D eigenvalue weighted by atomic mass is 35.5. The van der Waals surface area contributed by atoms with Gasteiger partial charge in [-0.15, -0.1) is 11.3 Å². The number of hydrogen-bond acceptors (Lipinski definition) is 2. The number of nitrogens with one attached hydrogen (secondary N) is 1. The van der Waals surface area contributed by atoms with E-state index >= 15 is 0 Å². The van der Waals surface area contributed by atoms with Gasteiger partial charge < -0.3 is 5.32 Å². The van der Waals surface area contributed by atoms with Gasteiger partial charge in [-0.3, -0.25) is 0 Å². The largest absolute Gasteiger partial charge is 0.310 e. The third kappa shape index (κ3) is 2.94. The summed E-state index contributed by atoms with van der Waals surface area (Å²) in [4.78, 5) is 2.64. The molecule has 1 aromatic carbocycles. The Balaban J connectivity index is 2.26. The Bertz CT molecular complexity index is 533. The number of halogens is 1. The Morgan fingerprint density at radius 3 is 2.72 bits per heavy atom. The molecule has 3 heteroatoms. The normalized spacial score (nSPS) is 12.7. The summed E-state index contributed by atoms with van der Waals surface area (Å²) in [5, 5.41) is 4.27. The minimum absolute atomic E-state index is 0.412. The van der Waals surface area contributed by atoms with E-state index in [1.807, 2.05) is 24.3 Å². The van der Waals surface area contributed by atoms with Crippen molar-refractivity contribution < 1.29 is 0 Å². The summed E-state index contributed by atoms with van der Waals surface area (Å²) < 4.78 is 0. The molecule has 0 aliphatic heterocycles. The number of hydrogen-bond donors (Lipinski definition) is 1. The van der Waals surface area contributed by atoms with E-state index in [1.54, 1.807) is 0 Å². The number of thiophene rings is 1. The lowest BCUT2D eigenvalue weighted by atomic mass is 10.1. The maximum atomic E-state index is 6.18. The predicted octanol–water partition coefficient (Wildman–Crippen LogP) is 5.05. The molecule has 1 heterocycles. The average Bonchev–Trinajstić information content (AvgIpc) is 2.82. The lowest BCUT2D eigenvalue weighted by Gasteiger charge is -2.09. The molecule has 0 amide bonds. The highest BCUT2D eigenvalue weighted by Crippen LogP contribution is 2.33. The van der Waals surface area contributed by atoms with E-state index in [1.165, 1.54) is 15.3 Å². The van der Waals surface area contributed by atoms with Crippen molar-refractivity contribution in [2.24, 2.45) is 0 Å². The van der Waals surface area contributed by atoms with E-state index in [0.29, 0.717) is 6.04 Å². The van der Waals surface area contributed by atoms with Gasteiger partial charge in [0, 0.05) is 20.8 Å². The van der Waals surface area contributed by atoms with Crippen molar-refractivity contribution in [3.8, 4) is 10.4 Å². The fourth-order valence-electron chi connectivity index (χ4n) is 1.89. The van der Waals surface area contributed by atoms with Gasteiger partial charge in [-0.2, -0.15) is 0 Å². The highest BCUT2D eigenvalue weighted by molar-refractivity contribution is 7.15. The van der Waals surface area contributed by atoms with Gasteiger partial charge in [-0.25, -0.2) is 0 Å². The van der Waals surface area contributed by atoms with Gasteiger partial charge in [-0.1, -0.05) is 30.7 Å². The molecule has 0 saturated heterocycles. The van der Waals surface area contributed by atoms with Crippen LogP contribution in [0.15, 0.2) is 30.3 Å². The molecule has 1 nitrogen and oxygen atoms in total. The van der Waals surface area contributed by atoms with Gasteiger partial charge in [0.1, 0.15) is 0 Å². The fraction of sp³-hybridized carbons (Fsp3) is 0.333. The summed E-state index contributed by atoms with van der Waals surface area (Å²) >= 11 is 8.00. The van der Waals surface area contributed by atoms with Crippen LogP contribution in [0.4, 0.5) is 0 Å². The summed E-state index contributed by atoms with van der Waals surface area (Å²) in [6.07, 6.45) is 0. The van der Waals surface area contributed by atoms with Crippen molar-refractivity contribution in [3.63, 3.8) is 0 Å². The van der Waals surface area contributed by atoms with Crippen molar-refractivity contribution in [1.29, 1.82) is 0 Å². The maximum Gasteiger partial charge on any atom is 0.0441 e. The van der Waals surface area contributed by atoms with Crippen molar-refractivity contribution >= 4 is 22.9 Å². The fourth-order valence-corrected chi connectivity index (χ4v) is 3.11. The molecule has 1 unspecified atom stereocenters. The van der Waals surface area contributed by atoms with Crippen molar-refractivity contribution in [2.75, 3.05) is 6.54 Å². The second-order valence-corrected chi connectivity index (χ2v) is 5.97. The second kappa shape index (κ2) is 5.87. The van der Waals surface area contributed by atoms with E-state index < -0.39 is 0 Å². The van der Waals surface area contributed by atoms with Crippen LogP contribution in [0.25, 0.3) is 10.4 Å². The molecular weight excluding hydrogens is 262 g/mol. The first kappa shape index (κ1) is 13.6. The predicted molar refractivity (Wildman–Crippen MR) is 81.6 cm³/mol. The first-order valence-corrected chi connectivity index (χ1v) is 7.41. The lowest BCUT2D eigenvalue weighted by Crippen LogP contribution is -2.16. The number of benzene rings is 1. The summed E-state index contributed by atoms with van der Waals surface area (Å²) in [7, 11) is 0. The van der Waals surface area contributed by atoms with Crippen LogP contribution < -0.4 is 5.32 Å². The average molecular weight is 280 g/mol. The Morgan fingerprint density at radius 1 is 1.28 bits per heavy atom. The molecule has 0 spiro atoms. The van der Waals surface area contributed by atoms with Gasteiger partial charge in [0.2, 0.25) is 0 Å². The summed E-state index contributed by atoms with van der Waals surface area (Å²) in [5.74, 6) is 0. The van der Waals surface area contributed by atoms with Crippen molar-refractivity contribution in [1.82, 2.24) is 5.32 Å². The molecule has 0 bridgehead atoms. The molecule has 0 fully saturated rings. The minimum Gasteiger partial charge on any atom is -0.310 e. The Kier molecular flexibility index (Phi) is 4.44. The zero-order valence-corrected chi connectivity index (χ0v) is 12.5. The quantitative estimate of drug-likeness (QED) is 0.826. The molecule has 0 aliphatic carbocycles. The summed E-state index contributed by atoms with van der Waals surface area (Å²) in [5.41, 5.74) is 2.32. The van der Waals surface area contributed by atoms with Gasteiger partial charge in [-0.05, 0) is 49.7 Å². The van der Waals surface area contributed by atoms with Gasteiger partial charge in [0.15, 0.2) is 0 Å². The molecule has 18 heavy (non-hydrogen) atoms. The van der Waals surface area contributed by atoms with E-state index in [2.05, 4.69) is 43.4 Å². The van der Waals surface area contributed by atoms with Crippen LogP contribution in [0.2, 0.25) is 5.02 Å². The van der Waals surface area contributed by atoms with Gasteiger partial charge in [0.25, 0.3) is 0 Å². The Hall–Kier alpha value is -0.830. The molecule has 0 radical (unpaired) electrons. The number of aryl methyl sites for hydroxylation is 1. The van der Waals surface area contributed by atoms with Crippen LogP contribution in [0.5, 0.6) is 0 Å². The van der Waals surface area contributed by atoms with Crippen LogP contribution in [0.1, 0.15) is 30.3 Å². The second-order valence-electron chi connectivity index (χ2n) is 4.45. The molecule has 1 N–H and O–H groups in total. The monoisotopic (exact) mass is 279 g/mol. The molecule has 1 aromatic heterocycles. The number of rotatable bonds is 4. The van der Waals surface area contributed by atoms with Crippen molar-refractivity contribution in [3.05, 3.63) is 45.8 Å². The Morgan fingerprint density at radius 2 is 2.06 bits per heavy atom. The standard InChI is InChI=1S/C15H18ClNS/c1-4-17-11(3)14-7-8-15(18-14)12-6-5-10(2)13(16)9-12/h5-9,11,17H,4H2,1-3H3. The van der Waals surface area contributed by atoms with E-state index in [4.69, 9.17) is 11.6 Å². The maximum absolute atomic E-state index is 6.18. The van der Waals surface area contributed by atoms with E-state index in [9.17, 15) is 0 Å². The Labute approximate surface area is 118 Å². The third-order valence-corrected chi connectivity index (χ3v) is 4.74. The smallest absolute Gasteiger partial charge is 0.0441 e. The van der Waals surface area contributed by atoms with Crippen LogP contribution >= 0.6 is 22.9 Å². The summed E-state index contributed by atoms with van der Waals surface area (Å²) in [6, 6.07) is 11.0. The van der Waals surface area contributed by atoms with Gasteiger partial charge >= 0.3 is 0 Å². The van der Waals surface area contributed by atoms with Crippen molar-refractivity contribution in [2.45, 2.75) is 26.8 Å². The molecule has 2 rings (SSSR count). The first-order chi connectivity index (χ1) is 8.61. The molecule has 2 aromatic rings. The van der Waals surface area contributed by atoms with Crippen LogP contribution in [-0.4, -0.2) is 6.54 Å². The SMILES string of the molecule is CCNC(C)c1ccc(-c2ccc(C)c(Cl)c2)s1. The van der Waals surface area contributed by atoms with Crippen LogP contribution in [-0.2, 0) is 0 Å². The topological polar surface area (TPSA) is 12.0 Å². The third-order valence-electron chi connectivity index (χ3n) is 3.02. The summed E-state index contributed by atoms with van der Waals surface area (Å²) in [6.45, 7) is 7.34. The molecule has 0 saturated carbocycles. The highest BCUT2D eigenvalue weighted by Gasteiger charge is 2.09. The minimum atomic E-state index is 0.412. The zero-order chi connectivity index (χ0) is 13.1. The van der Waals surface area contributed by atoms with Gasteiger partial charge in [0.05, 0.1) is 0 Å². The molecule has 0 aliphatic rings. The van der Waals surface area contributed by atoms with E-state index in [0.717, 1.165) is 17.1 Å².